The van der Waals surface area contributed by atoms with E-state index in [0.29, 0.717) is 0 Å². The topological polar surface area (TPSA) is 0 Å². The molecule has 0 aliphatic rings. The van der Waals surface area contributed by atoms with Crippen molar-refractivity contribution in [3.8, 4) is 0 Å². The zero-order chi connectivity index (χ0) is 20.5. The number of hydrogen-bond donors (Lipinski definition) is 0. The van der Waals surface area contributed by atoms with Crippen molar-refractivity contribution >= 4 is 27.0 Å². The quantitative estimate of drug-likeness (QED) is 0.180. The molecule has 0 saturated carbocycles. The van der Waals surface area contributed by atoms with Crippen molar-refractivity contribution in [3.63, 3.8) is 0 Å². The molecule has 0 aliphatic carbocycles. The Labute approximate surface area is 185 Å². The van der Waals surface area contributed by atoms with E-state index in [1.807, 2.05) is 0 Å². The number of hydrogen-bond acceptors (Lipinski definition) is 0. The number of rotatable bonds is 3. The van der Waals surface area contributed by atoms with Crippen LogP contribution in [-0.4, -0.2) is 5.49 Å². The first kappa shape index (κ1) is 23.0. The molecule has 0 bridgehead atoms. The summed E-state index contributed by atoms with van der Waals surface area (Å²) in [6.45, 7) is 11.4. The first-order valence-corrected chi connectivity index (χ1v) is 17.7. The molecule has 0 spiro atoms. The van der Waals surface area contributed by atoms with Crippen molar-refractivity contribution in [3.05, 3.63) is 83.9 Å². The minimum Gasteiger partial charge on any atom is -0.165 e. The van der Waals surface area contributed by atoms with Gasteiger partial charge >= 0.3 is 54.4 Å². The summed E-state index contributed by atoms with van der Waals surface area (Å²) in [4.78, 5) is 0. The van der Waals surface area contributed by atoms with Crippen LogP contribution in [-0.2, 0) is 35.8 Å². The van der Waals surface area contributed by atoms with Crippen molar-refractivity contribution in [2.75, 3.05) is 0 Å². The Morgan fingerprint density at radius 2 is 1.14 bits per heavy atom. The molecule has 0 aromatic heterocycles. The van der Waals surface area contributed by atoms with Crippen molar-refractivity contribution in [2.24, 2.45) is 0 Å². The average Bonchev–Trinajstić information content (AvgIpc) is 3.32. The minimum absolute atomic E-state index is 0.187. The molecule has 4 rings (SSSR count). The van der Waals surface area contributed by atoms with Crippen molar-refractivity contribution in [1.29, 1.82) is 0 Å². The molecule has 0 saturated heterocycles. The fraction of sp³-hybridized carbons (Fsp3) is 0.308. The fourth-order valence-electron chi connectivity index (χ4n) is 2.84. The van der Waals surface area contributed by atoms with Crippen molar-refractivity contribution < 1.29 is 23.0 Å². The van der Waals surface area contributed by atoms with Crippen LogP contribution in [0.4, 0.5) is 0 Å². The molecular formula is C26H32HfSi. The second-order valence-corrected chi connectivity index (χ2v) is 18.6. The molecule has 0 N–H and O–H groups in total. The van der Waals surface area contributed by atoms with Crippen LogP contribution in [0.25, 0.3) is 21.5 Å². The van der Waals surface area contributed by atoms with Gasteiger partial charge in [-0.25, -0.2) is 0 Å². The molecular weight excluding hydrogens is 519 g/mol. The van der Waals surface area contributed by atoms with Gasteiger partial charge in [-0.05, 0) is 12.8 Å². The molecule has 0 aliphatic heterocycles. The summed E-state index contributed by atoms with van der Waals surface area (Å²) >= 11 is 1.46. The first-order chi connectivity index (χ1) is 13.4. The molecule has 2 heteroatoms. The largest absolute Gasteiger partial charge is 0.165 e. The zero-order valence-electron chi connectivity index (χ0n) is 17.9. The van der Waals surface area contributed by atoms with Crippen LogP contribution < -0.4 is 0 Å². The van der Waals surface area contributed by atoms with Gasteiger partial charge in [0, 0.05) is 0 Å². The Morgan fingerprint density at radius 3 is 1.43 bits per heavy atom. The van der Waals surface area contributed by atoms with E-state index < -0.39 is 0 Å². The van der Waals surface area contributed by atoms with Crippen LogP contribution in [0.2, 0.25) is 12.1 Å². The van der Waals surface area contributed by atoms with Crippen molar-refractivity contribution in [2.45, 2.75) is 52.6 Å². The predicted molar refractivity (Wildman–Crippen MR) is 125 cm³/mol. The van der Waals surface area contributed by atoms with E-state index in [-0.39, 0.29) is 5.49 Å². The van der Waals surface area contributed by atoms with Gasteiger partial charge < -0.3 is 0 Å². The summed E-state index contributed by atoms with van der Waals surface area (Å²) in [6.07, 6.45) is 2.27. The van der Waals surface area contributed by atoms with E-state index in [1.54, 1.807) is 0 Å². The Morgan fingerprint density at radius 1 is 0.786 bits per heavy atom. The van der Waals surface area contributed by atoms with Gasteiger partial charge in [0.15, 0.2) is 0 Å². The first-order valence-electron chi connectivity index (χ1n) is 10.3. The van der Waals surface area contributed by atoms with Gasteiger partial charge in [-0.1, -0.05) is 26.0 Å². The van der Waals surface area contributed by atoms with Crippen LogP contribution >= 0.6 is 0 Å². The summed E-state index contributed by atoms with van der Waals surface area (Å²) in [5, 5.41) is 5.46. The van der Waals surface area contributed by atoms with E-state index in [2.05, 4.69) is 107 Å². The molecule has 0 atom stereocenters. The second kappa shape index (κ2) is 11.7. The van der Waals surface area contributed by atoms with E-state index in [0.717, 1.165) is 18.4 Å². The maximum Gasteiger partial charge on any atom is -0.0487 e. The monoisotopic (exact) mass is 552 g/mol. The third-order valence-corrected chi connectivity index (χ3v) is 13.0. The van der Waals surface area contributed by atoms with E-state index in [1.165, 1.54) is 55.7 Å². The summed E-state index contributed by atoms with van der Waals surface area (Å²) < 4.78 is 0. The Kier molecular flexibility index (Phi) is 9.60. The second-order valence-electron chi connectivity index (χ2n) is 7.53. The van der Waals surface area contributed by atoms with E-state index in [9.17, 15) is 0 Å². The molecule has 0 nitrogen and oxygen atoms in total. The molecule has 28 heavy (non-hydrogen) atoms. The summed E-state index contributed by atoms with van der Waals surface area (Å²) in [5.74, 6) is 0. The zero-order valence-corrected chi connectivity index (χ0v) is 22.5. The summed E-state index contributed by atoms with van der Waals surface area (Å²) in [6, 6.07) is 26.0. The SMILES string of the molecule is CC(C)[Si](C)=[Hf+2].CCc1cc2ccccc2[cH-]1.CCc1cc2ccccc2[cH-]1. The summed E-state index contributed by atoms with van der Waals surface area (Å²) in [7, 11) is 0. The van der Waals surface area contributed by atoms with Crippen LogP contribution in [0.5, 0.6) is 0 Å². The molecule has 0 radical (unpaired) electrons. The van der Waals surface area contributed by atoms with Crippen LogP contribution in [0.1, 0.15) is 38.8 Å². The number of aryl methyl sites for hydroxylation is 2. The third-order valence-electron chi connectivity index (χ3n) is 5.04. The van der Waals surface area contributed by atoms with Gasteiger partial charge in [0.2, 0.25) is 0 Å². The summed E-state index contributed by atoms with van der Waals surface area (Å²) in [5.41, 5.74) is 4.08. The minimum atomic E-state index is 0.187. The maximum atomic E-state index is 2.40. The standard InChI is InChI=1S/2C11H11.C4H10Si.Hf/c2*1-2-9-7-10-5-3-4-6-11(10)8-9;1-4(2)5-3;/h2*3-8H,2H2,1H3;4H,1-3H3;/q2*-1;;+2. The molecule has 4 aromatic rings. The van der Waals surface area contributed by atoms with Gasteiger partial charge in [0.1, 0.15) is 0 Å². The molecule has 4 aromatic carbocycles. The van der Waals surface area contributed by atoms with Gasteiger partial charge in [-0.2, -0.15) is 12.1 Å². The van der Waals surface area contributed by atoms with E-state index >= 15 is 0 Å². The molecule has 0 fully saturated rings. The molecule has 0 unspecified atom stereocenters. The van der Waals surface area contributed by atoms with Crippen molar-refractivity contribution in [1.82, 2.24) is 0 Å². The molecule has 0 heterocycles. The van der Waals surface area contributed by atoms with E-state index in [4.69, 9.17) is 0 Å². The Balaban J connectivity index is 0.000000158. The average molecular weight is 551 g/mol. The predicted octanol–water partition coefficient (Wildman–Crippen LogP) is 7.81. The number of benzene rings is 2. The van der Waals surface area contributed by atoms with Gasteiger partial charge in [-0.3, -0.25) is 0 Å². The molecule has 0 amide bonds. The molecule has 144 valence electrons. The normalized spacial score (nSPS) is 10.4. The van der Waals surface area contributed by atoms with Crippen LogP contribution in [0, 0.1) is 0 Å². The van der Waals surface area contributed by atoms with Gasteiger partial charge in [-0.15, -0.1) is 81.2 Å². The van der Waals surface area contributed by atoms with Crippen LogP contribution in [0.3, 0.4) is 0 Å². The Hall–Kier alpha value is -1.25. The van der Waals surface area contributed by atoms with Gasteiger partial charge in [0.05, 0.1) is 0 Å². The fourth-order valence-corrected chi connectivity index (χ4v) is 2.84. The Bertz CT molecular complexity index is 863. The smallest absolute Gasteiger partial charge is 0.0487 e. The maximum absolute atomic E-state index is 2.40. The van der Waals surface area contributed by atoms with Crippen LogP contribution in [0.15, 0.2) is 72.8 Å². The van der Waals surface area contributed by atoms with Gasteiger partial charge in [0.25, 0.3) is 0 Å². The third kappa shape index (κ3) is 6.97. The number of fused-ring (bicyclic) bond motifs is 2.